The van der Waals surface area contributed by atoms with Gasteiger partial charge < -0.3 is 10.1 Å². The Morgan fingerprint density at radius 2 is 1.96 bits per heavy atom. The Hall–Kier alpha value is -2.57. The number of nitrogens with zero attached hydrogens (tertiary/aromatic N) is 1. The summed E-state index contributed by atoms with van der Waals surface area (Å²) in [6.45, 7) is 1.30. The van der Waals surface area contributed by atoms with Crippen molar-refractivity contribution >= 4 is 51.7 Å². The molecule has 128 valence electrons. The molecule has 0 radical (unpaired) electrons. The normalized spacial score (nSPS) is 10.7. The van der Waals surface area contributed by atoms with Crippen LogP contribution in [0.1, 0.15) is 16.1 Å². The van der Waals surface area contributed by atoms with Gasteiger partial charge in [-0.1, -0.05) is 47.5 Å². The van der Waals surface area contributed by atoms with E-state index in [4.69, 9.17) is 27.9 Å². The van der Waals surface area contributed by atoms with Crippen molar-refractivity contribution in [1.82, 2.24) is 10.2 Å². The minimum absolute atomic E-state index is 0.120. The van der Waals surface area contributed by atoms with Crippen LogP contribution in [0.4, 0.5) is 5.69 Å². The van der Waals surface area contributed by atoms with Crippen LogP contribution in [0.3, 0.4) is 0 Å². The Labute approximate surface area is 153 Å². The highest BCUT2D eigenvalue weighted by Gasteiger charge is 2.18. The molecule has 0 atom stereocenters. The van der Waals surface area contributed by atoms with E-state index in [9.17, 15) is 9.59 Å². The molecule has 25 heavy (non-hydrogen) atoms. The number of hydrogen-bond donors (Lipinski definition) is 2. The van der Waals surface area contributed by atoms with Gasteiger partial charge in [0.2, 0.25) is 0 Å². The van der Waals surface area contributed by atoms with Crippen LogP contribution in [0, 0.1) is 6.92 Å². The number of aromatic nitrogens is 2. The molecule has 0 saturated carbocycles. The summed E-state index contributed by atoms with van der Waals surface area (Å²) in [5.74, 6) is -1.25. The average molecular weight is 378 g/mol. The Balaban J connectivity index is 1.67. The van der Waals surface area contributed by atoms with E-state index in [-0.39, 0.29) is 11.4 Å². The average Bonchev–Trinajstić information content (AvgIpc) is 3.04. The summed E-state index contributed by atoms with van der Waals surface area (Å²) in [5.41, 5.74) is 1.88. The third-order valence-corrected chi connectivity index (χ3v) is 4.35. The number of ether oxygens (including phenoxy) is 1. The summed E-state index contributed by atoms with van der Waals surface area (Å²) in [7, 11) is 0. The number of carbonyl (C=O) groups excluding carboxylic acids is 2. The second kappa shape index (κ2) is 7.13. The second-order valence-corrected chi connectivity index (χ2v) is 6.08. The molecule has 3 rings (SSSR count). The van der Waals surface area contributed by atoms with Crippen LogP contribution in [0.25, 0.3) is 10.9 Å². The smallest absolute Gasteiger partial charge is 0.359 e. The first-order valence-corrected chi connectivity index (χ1v) is 8.07. The van der Waals surface area contributed by atoms with Crippen LogP contribution in [0.2, 0.25) is 10.0 Å². The molecule has 2 aromatic carbocycles. The summed E-state index contributed by atoms with van der Waals surface area (Å²) in [6, 6.07) is 10.5. The minimum Gasteiger partial charge on any atom is -0.451 e. The fraction of sp³-hybridized carbons (Fsp3) is 0.118. The van der Waals surface area contributed by atoms with Crippen LogP contribution < -0.4 is 5.32 Å². The number of nitrogens with one attached hydrogen (secondary N) is 2. The zero-order valence-electron chi connectivity index (χ0n) is 13.1. The molecule has 3 aromatic rings. The predicted octanol–water partition coefficient (Wildman–Crippen LogP) is 3.97. The van der Waals surface area contributed by atoms with Crippen molar-refractivity contribution in [1.29, 1.82) is 0 Å². The standard InChI is InChI=1S/C17H13Cl2N3O3/c1-9-6-7-11(18)16(14(9)19)20-13(23)8-25-17(24)15-10-4-2-3-5-12(10)21-22-15/h2-7H,8H2,1H3,(H,20,23)(H,21,22). The van der Waals surface area contributed by atoms with Crippen LogP contribution in [0.5, 0.6) is 0 Å². The van der Waals surface area contributed by atoms with Gasteiger partial charge in [0, 0.05) is 5.39 Å². The van der Waals surface area contributed by atoms with Gasteiger partial charge in [0.25, 0.3) is 5.91 Å². The number of hydrogen-bond acceptors (Lipinski definition) is 4. The lowest BCUT2D eigenvalue weighted by molar-refractivity contribution is -0.119. The van der Waals surface area contributed by atoms with Gasteiger partial charge in [-0.25, -0.2) is 4.79 Å². The minimum atomic E-state index is -0.700. The number of aromatic amines is 1. The van der Waals surface area contributed by atoms with Crippen LogP contribution in [-0.4, -0.2) is 28.7 Å². The maximum absolute atomic E-state index is 12.1. The monoisotopic (exact) mass is 377 g/mol. The van der Waals surface area contributed by atoms with Crippen molar-refractivity contribution in [2.45, 2.75) is 6.92 Å². The lowest BCUT2D eigenvalue weighted by Crippen LogP contribution is -2.21. The zero-order valence-corrected chi connectivity index (χ0v) is 14.6. The molecule has 0 saturated heterocycles. The van der Waals surface area contributed by atoms with Crippen molar-refractivity contribution in [2.24, 2.45) is 0 Å². The summed E-state index contributed by atoms with van der Waals surface area (Å²) < 4.78 is 5.02. The van der Waals surface area contributed by atoms with Gasteiger partial charge in [0.15, 0.2) is 12.3 Å². The molecule has 2 N–H and O–H groups in total. The lowest BCUT2D eigenvalue weighted by atomic mass is 10.2. The summed E-state index contributed by atoms with van der Waals surface area (Å²) in [6.07, 6.45) is 0. The molecule has 6 nitrogen and oxygen atoms in total. The maximum atomic E-state index is 12.1. The summed E-state index contributed by atoms with van der Waals surface area (Å²) in [5, 5.41) is 10.5. The number of carbonyl (C=O) groups is 2. The molecule has 0 spiro atoms. The lowest BCUT2D eigenvalue weighted by Gasteiger charge is -2.11. The Bertz CT molecular complexity index is 969. The molecule has 0 aliphatic rings. The first-order valence-electron chi connectivity index (χ1n) is 7.32. The number of benzene rings is 2. The highest BCUT2D eigenvalue weighted by molar-refractivity contribution is 6.40. The van der Waals surface area contributed by atoms with Gasteiger partial charge in [0.1, 0.15) is 0 Å². The fourth-order valence-electron chi connectivity index (χ4n) is 2.27. The Morgan fingerprint density at radius 1 is 1.20 bits per heavy atom. The first kappa shape index (κ1) is 17.3. The number of rotatable bonds is 4. The SMILES string of the molecule is Cc1ccc(Cl)c(NC(=O)COC(=O)c2n[nH]c3ccccc23)c1Cl. The Kier molecular flexibility index (Phi) is 4.92. The molecular weight excluding hydrogens is 365 g/mol. The van der Waals surface area contributed by atoms with Crippen molar-refractivity contribution in [3.8, 4) is 0 Å². The van der Waals surface area contributed by atoms with Crippen molar-refractivity contribution in [2.75, 3.05) is 11.9 Å². The van der Waals surface area contributed by atoms with E-state index in [0.717, 1.165) is 5.56 Å². The number of esters is 1. The van der Waals surface area contributed by atoms with Crippen LogP contribution in [-0.2, 0) is 9.53 Å². The number of fused-ring (bicyclic) bond motifs is 1. The second-order valence-electron chi connectivity index (χ2n) is 5.30. The van der Waals surface area contributed by atoms with E-state index < -0.39 is 18.5 Å². The van der Waals surface area contributed by atoms with Gasteiger partial charge in [-0.05, 0) is 24.6 Å². The van der Waals surface area contributed by atoms with E-state index in [1.165, 1.54) is 0 Å². The number of aryl methyl sites for hydroxylation is 1. The van der Waals surface area contributed by atoms with Gasteiger partial charge in [-0.15, -0.1) is 0 Å². The highest BCUT2D eigenvalue weighted by atomic mass is 35.5. The predicted molar refractivity (Wildman–Crippen MR) is 96.2 cm³/mol. The largest absolute Gasteiger partial charge is 0.451 e. The number of halogens is 2. The number of para-hydroxylation sites is 1. The molecule has 0 bridgehead atoms. The number of amides is 1. The van der Waals surface area contributed by atoms with E-state index in [1.54, 1.807) is 37.3 Å². The van der Waals surface area contributed by atoms with E-state index in [0.29, 0.717) is 20.9 Å². The van der Waals surface area contributed by atoms with Gasteiger partial charge in [0.05, 0.1) is 21.2 Å². The topological polar surface area (TPSA) is 84.1 Å². The van der Waals surface area contributed by atoms with Gasteiger partial charge >= 0.3 is 5.97 Å². The third kappa shape index (κ3) is 3.60. The van der Waals surface area contributed by atoms with Crippen LogP contribution in [0.15, 0.2) is 36.4 Å². The summed E-state index contributed by atoms with van der Waals surface area (Å²) >= 11 is 12.2. The van der Waals surface area contributed by atoms with E-state index in [1.807, 2.05) is 6.07 Å². The molecule has 1 heterocycles. The molecule has 8 heteroatoms. The molecule has 0 aliphatic heterocycles. The maximum Gasteiger partial charge on any atom is 0.359 e. The van der Waals surface area contributed by atoms with Gasteiger partial charge in [-0.3, -0.25) is 9.89 Å². The highest BCUT2D eigenvalue weighted by Crippen LogP contribution is 2.32. The van der Waals surface area contributed by atoms with Crippen LogP contribution >= 0.6 is 23.2 Å². The van der Waals surface area contributed by atoms with Crippen molar-refractivity contribution in [3.05, 3.63) is 57.7 Å². The molecule has 1 aromatic heterocycles. The van der Waals surface area contributed by atoms with Gasteiger partial charge in [-0.2, -0.15) is 5.10 Å². The van der Waals surface area contributed by atoms with Crippen molar-refractivity contribution < 1.29 is 14.3 Å². The fourth-order valence-corrected chi connectivity index (χ4v) is 2.73. The molecule has 0 aliphatic carbocycles. The molecule has 0 unspecified atom stereocenters. The number of anilines is 1. The summed E-state index contributed by atoms with van der Waals surface area (Å²) in [4.78, 5) is 24.2. The van der Waals surface area contributed by atoms with E-state index >= 15 is 0 Å². The first-order chi connectivity index (χ1) is 12.0. The third-order valence-electron chi connectivity index (χ3n) is 3.55. The van der Waals surface area contributed by atoms with Crippen molar-refractivity contribution in [3.63, 3.8) is 0 Å². The Morgan fingerprint density at radius 3 is 2.76 bits per heavy atom. The zero-order chi connectivity index (χ0) is 18.0. The number of H-pyrrole nitrogens is 1. The quantitative estimate of drug-likeness (QED) is 0.673. The molecule has 1 amide bonds. The molecular formula is C17H13Cl2N3O3. The van der Waals surface area contributed by atoms with E-state index in [2.05, 4.69) is 15.5 Å². The molecule has 0 fully saturated rings.